The average molecular weight is 331 g/mol. The van der Waals surface area contributed by atoms with Crippen molar-refractivity contribution in [3.8, 4) is 5.75 Å². The Kier molecular flexibility index (Phi) is 2.47. The van der Waals surface area contributed by atoms with Gasteiger partial charge in [0.25, 0.3) is 0 Å². The number of ether oxygens (including phenoxy) is 1. The van der Waals surface area contributed by atoms with E-state index in [1.54, 1.807) is 6.20 Å². The number of hydrogen-bond acceptors (Lipinski definition) is 4. The van der Waals surface area contributed by atoms with Crippen LogP contribution >= 0.6 is 15.9 Å². The lowest BCUT2D eigenvalue weighted by Gasteiger charge is -2.13. The molecular formula is C14H11BrN4O. The van der Waals surface area contributed by atoms with E-state index in [2.05, 4.69) is 32.0 Å². The van der Waals surface area contributed by atoms with E-state index in [9.17, 15) is 0 Å². The van der Waals surface area contributed by atoms with Gasteiger partial charge in [0.05, 0.1) is 0 Å². The Morgan fingerprint density at radius 3 is 3.10 bits per heavy atom. The summed E-state index contributed by atoms with van der Waals surface area (Å²) in [7, 11) is 0. The lowest BCUT2D eigenvalue weighted by atomic mass is 10.1. The van der Waals surface area contributed by atoms with Gasteiger partial charge in [-0.25, -0.2) is 9.97 Å². The summed E-state index contributed by atoms with van der Waals surface area (Å²) in [5, 5.41) is 0. The molecule has 1 aromatic carbocycles. The van der Waals surface area contributed by atoms with Crippen molar-refractivity contribution in [2.75, 3.05) is 12.3 Å². The molecule has 0 spiro atoms. The third-order valence-electron chi connectivity index (χ3n) is 3.51. The monoisotopic (exact) mass is 330 g/mol. The average Bonchev–Trinajstić information content (AvgIpc) is 2.98. The van der Waals surface area contributed by atoms with E-state index in [1.165, 1.54) is 0 Å². The highest BCUT2D eigenvalue weighted by molar-refractivity contribution is 9.10. The third kappa shape index (κ3) is 1.61. The van der Waals surface area contributed by atoms with Crippen LogP contribution in [0.4, 0.5) is 5.95 Å². The maximum Gasteiger partial charge on any atom is 0.203 e. The van der Waals surface area contributed by atoms with Crippen LogP contribution in [-0.4, -0.2) is 21.1 Å². The summed E-state index contributed by atoms with van der Waals surface area (Å²) >= 11 is 3.40. The Balaban J connectivity index is 1.94. The quantitative estimate of drug-likeness (QED) is 0.745. The molecule has 0 saturated carbocycles. The lowest BCUT2D eigenvalue weighted by Crippen LogP contribution is -2.15. The summed E-state index contributed by atoms with van der Waals surface area (Å²) in [6, 6.07) is 9.92. The zero-order valence-electron chi connectivity index (χ0n) is 10.5. The van der Waals surface area contributed by atoms with E-state index in [4.69, 9.17) is 10.5 Å². The van der Waals surface area contributed by atoms with Gasteiger partial charge in [-0.2, -0.15) is 0 Å². The minimum atomic E-state index is 0.0184. The van der Waals surface area contributed by atoms with Crippen molar-refractivity contribution >= 4 is 33.0 Å². The van der Waals surface area contributed by atoms with Crippen molar-refractivity contribution in [2.45, 2.75) is 6.04 Å². The molecule has 1 aliphatic heterocycles. The van der Waals surface area contributed by atoms with Gasteiger partial charge >= 0.3 is 0 Å². The molecule has 0 radical (unpaired) electrons. The fourth-order valence-corrected chi connectivity index (χ4v) is 2.96. The first-order valence-electron chi connectivity index (χ1n) is 6.25. The standard InChI is InChI=1S/C14H11BrN4O/c15-8-5-10-13(17-6-8)19(14(16)18-10)11-7-20-12-4-2-1-3-9(11)12/h1-6,11H,7H2,(H2,16,18). The predicted molar refractivity (Wildman–Crippen MR) is 79.7 cm³/mol. The molecule has 0 amide bonds. The topological polar surface area (TPSA) is 66.0 Å². The minimum Gasteiger partial charge on any atom is -0.491 e. The SMILES string of the molecule is Nc1nc2cc(Br)cnc2n1C1COc2ccccc21. The van der Waals surface area contributed by atoms with Gasteiger partial charge in [-0.3, -0.25) is 4.57 Å². The summed E-state index contributed by atoms with van der Waals surface area (Å²) in [6.07, 6.45) is 1.75. The second kappa shape index (κ2) is 4.21. The number of imidazole rings is 1. The van der Waals surface area contributed by atoms with Crippen LogP contribution in [-0.2, 0) is 0 Å². The second-order valence-corrected chi connectivity index (χ2v) is 5.62. The number of nitrogen functional groups attached to an aromatic ring is 1. The number of nitrogens with zero attached hydrogens (tertiary/aromatic N) is 3. The van der Waals surface area contributed by atoms with E-state index < -0.39 is 0 Å². The van der Waals surface area contributed by atoms with Gasteiger partial charge in [0.1, 0.15) is 23.9 Å². The van der Waals surface area contributed by atoms with E-state index in [0.29, 0.717) is 12.6 Å². The number of para-hydroxylation sites is 1. The molecule has 0 aliphatic carbocycles. The van der Waals surface area contributed by atoms with Crippen molar-refractivity contribution in [3.05, 3.63) is 46.6 Å². The fraction of sp³-hybridized carbons (Fsp3) is 0.143. The second-order valence-electron chi connectivity index (χ2n) is 4.70. The van der Waals surface area contributed by atoms with Crippen molar-refractivity contribution < 1.29 is 4.74 Å². The first-order chi connectivity index (χ1) is 9.74. The van der Waals surface area contributed by atoms with Gasteiger partial charge < -0.3 is 10.5 Å². The zero-order valence-corrected chi connectivity index (χ0v) is 12.0. The van der Waals surface area contributed by atoms with Gasteiger partial charge in [-0.1, -0.05) is 18.2 Å². The highest BCUT2D eigenvalue weighted by atomic mass is 79.9. The van der Waals surface area contributed by atoms with Crippen LogP contribution in [0.1, 0.15) is 11.6 Å². The number of anilines is 1. The molecule has 0 fully saturated rings. The van der Waals surface area contributed by atoms with E-state index in [0.717, 1.165) is 26.9 Å². The molecule has 2 aromatic heterocycles. The third-order valence-corrected chi connectivity index (χ3v) is 3.94. The zero-order chi connectivity index (χ0) is 13.7. The summed E-state index contributed by atoms with van der Waals surface area (Å²) in [5.74, 6) is 1.35. The molecule has 1 atom stereocenters. The van der Waals surface area contributed by atoms with Crippen LogP contribution in [0, 0.1) is 0 Å². The van der Waals surface area contributed by atoms with Crippen molar-refractivity contribution in [1.29, 1.82) is 0 Å². The summed E-state index contributed by atoms with van der Waals surface area (Å²) in [5.41, 5.74) is 8.75. The molecule has 4 rings (SSSR count). The highest BCUT2D eigenvalue weighted by Crippen LogP contribution is 2.37. The Morgan fingerprint density at radius 1 is 1.35 bits per heavy atom. The number of rotatable bonds is 1. The first kappa shape index (κ1) is 11.7. The van der Waals surface area contributed by atoms with Gasteiger partial charge in [0.15, 0.2) is 5.65 Å². The Hall–Kier alpha value is -2.08. The number of halogens is 1. The number of pyridine rings is 1. The number of nitrogens with two attached hydrogens (primary N) is 1. The maximum absolute atomic E-state index is 6.08. The molecule has 0 saturated heterocycles. The molecule has 1 aliphatic rings. The van der Waals surface area contributed by atoms with Crippen LogP contribution in [0.15, 0.2) is 41.0 Å². The largest absolute Gasteiger partial charge is 0.491 e. The molecule has 100 valence electrons. The molecule has 3 heterocycles. The first-order valence-corrected chi connectivity index (χ1v) is 7.04. The number of aromatic nitrogens is 3. The normalized spacial score (nSPS) is 17.1. The highest BCUT2D eigenvalue weighted by Gasteiger charge is 2.28. The Bertz CT molecular complexity index is 814. The molecule has 2 N–H and O–H groups in total. The number of fused-ring (bicyclic) bond motifs is 2. The molecule has 0 bridgehead atoms. The molecule has 5 nitrogen and oxygen atoms in total. The van der Waals surface area contributed by atoms with Crippen molar-refractivity contribution in [2.24, 2.45) is 0 Å². The Labute approximate surface area is 123 Å². The number of benzene rings is 1. The van der Waals surface area contributed by atoms with Crippen molar-refractivity contribution in [1.82, 2.24) is 14.5 Å². The van der Waals surface area contributed by atoms with Gasteiger partial charge in [-0.05, 0) is 28.1 Å². The van der Waals surface area contributed by atoms with E-state index in [1.807, 2.05) is 28.8 Å². The maximum atomic E-state index is 6.08. The van der Waals surface area contributed by atoms with Crippen LogP contribution < -0.4 is 10.5 Å². The van der Waals surface area contributed by atoms with E-state index >= 15 is 0 Å². The summed E-state index contributed by atoms with van der Waals surface area (Å²) in [6.45, 7) is 0.548. The van der Waals surface area contributed by atoms with Crippen LogP contribution in [0.3, 0.4) is 0 Å². The molecular weight excluding hydrogens is 320 g/mol. The van der Waals surface area contributed by atoms with Crippen LogP contribution in [0.25, 0.3) is 11.2 Å². The molecule has 6 heteroatoms. The number of hydrogen-bond donors (Lipinski definition) is 1. The van der Waals surface area contributed by atoms with E-state index in [-0.39, 0.29) is 6.04 Å². The smallest absolute Gasteiger partial charge is 0.203 e. The van der Waals surface area contributed by atoms with Crippen LogP contribution in [0.2, 0.25) is 0 Å². The Morgan fingerprint density at radius 2 is 2.20 bits per heavy atom. The summed E-state index contributed by atoms with van der Waals surface area (Å²) in [4.78, 5) is 8.82. The van der Waals surface area contributed by atoms with Crippen molar-refractivity contribution in [3.63, 3.8) is 0 Å². The van der Waals surface area contributed by atoms with Gasteiger partial charge in [-0.15, -0.1) is 0 Å². The lowest BCUT2D eigenvalue weighted by molar-refractivity contribution is 0.319. The fourth-order valence-electron chi connectivity index (χ4n) is 2.64. The molecule has 20 heavy (non-hydrogen) atoms. The summed E-state index contributed by atoms with van der Waals surface area (Å²) < 4.78 is 8.55. The molecule has 3 aromatic rings. The predicted octanol–water partition coefficient (Wildman–Crippen LogP) is 2.76. The van der Waals surface area contributed by atoms with Crippen LogP contribution in [0.5, 0.6) is 5.75 Å². The van der Waals surface area contributed by atoms with Gasteiger partial charge in [0.2, 0.25) is 5.95 Å². The van der Waals surface area contributed by atoms with Gasteiger partial charge in [0, 0.05) is 16.2 Å². The minimum absolute atomic E-state index is 0.0184. The molecule has 1 unspecified atom stereocenters.